The van der Waals surface area contributed by atoms with Crippen molar-refractivity contribution in [2.45, 2.75) is 43.7 Å². The summed E-state index contributed by atoms with van der Waals surface area (Å²) in [7, 11) is -3.65. The van der Waals surface area contributed by atoms with Crippen molar-refractivity contribution in [1.29, 1.82) is 0 Å². The molecule has 19 heavy (non-hydrogen) atoms. The van der Waals surface area contributed by atoms with E-state index in [4.69, 9.17) is 5.73 Å². The van der Waals surface area contributed by atoms with E-state index in [2.05, 4.69) is 0 Å². The van der Waals surface area contributed by atoms with Gasteiger partial charge in [0.15, 0.2) is 0 Å². The van der Waals surface area contributed by atoms with E-state index in [-0.39, 0.29) is 17.0 Å². The third-order valence-corrected chi connectivity index (χ3v) is 5.75. The molecule has 1 aliphatic heterocycles. The Hall–Kier alpha value is -0.980. The zero-order chi connectivity index (χ0) is 14.2. The van der Waals surface area contributed by atoms with Crippen molar-refractivity contribution in [3.05, 3.63) is 29.6 Å². The lowest BCUT2D eigenvalue weighted by Gasteiger charge is -2.35. The highest BCUT2D eigenvalue weighted by Crippen LogP contribution is 2.27. The van der Waals surface area contributed by atoms with Crippen LogP contribution in [0.3, 0.4) is 0 Å². The molecule has 2 atom stereocenters. The zero-order valence-electron chi connectivity index (χ0n) is 11.1. The molecule has 0 spiro atoms. The smallest absolute Gasteiger partial charge is 0.243 e. The summed E-state index contributed by atoms with van der Waals surface area (Å²) >= 11 is 0. The number of nitrogens with zero attached hydrogens (tertiary/aromatic N) is 1. The fourth-order valence-corrected chi connectivity index (χ4v) is 4.42. The average molecular weight is 286 g/mol. The number of rotatable bonds is 2. The van der Waals surface area contributed by atoms with Crippen LogP contribution in [0.4, 0.5) is 4.39 Å². The molecule has 2 rings (SSSR count). The number of hydrogen-bond donors (Lipinski definition) is 1. The number of aryl methyl sites for hydroxylation is 1. The van der Waals surface area contributed by atoms with E-state index in [1.165, 1.54) is 16.4 Å². The monoisotopic (exact) mass is 286 g/mol. The second kappa shape index (κ2) is 5.19. The molecular weight excluding hydrogens is 267 g/mol. The highest BCUT2D eigenvalue weighted by molar-refractivity contribution is 7.89. The molecule has 106 valence electrons. The average Bonchev–Trinajstić information content (AvgIpc) is 2.31. The maximum atomic E-state index is 13.3. The number of benzene rings is 1. The zero-order valence-corrected chi connectivity index (χ0v) is 12.0. The Morgan fingerprint density at radius 2 is 2.11 bits per heavy atom. The van der Waals surface area contributed by atoms with Crippen LogP contribution in [0.15, 0.2) is 23.1 Å². The molecule has 1 aromatic carbocycles. The number of nitrogens with two attached hydrogens (primary N) is 1. The van der Waals surface area contributed by atoms with Gasteiger partial charge in [-0.3, -0.25) is 0 Å². The summed E-state index contributed by atoms with van der Waals surface area (Å²) in [6, 6.07) is 3.73. The lowest BCUT2D eigenvalue weighted by atomic mass is 10.0. The Morgan fingerprint density at radius 1 is 1.42 bits per heavy atom. The maximum absolute atomic E-state index is 13.3. The summed E-state index contributed by atoms with van der Waals surface area (Å²) in [6.07, 6.45) is 1.27. The van der Waals surface area contributed by atoms with Crippen molar-refractivity contribution in [3.63, 3.8) is 0 Å². The van der Waals surface area contributed by atoms with Crippen LogP contribution in [0.5, 0.6) is 0 Å². The quantitative estimate of drug-likeness (QED) is 0.899. The first-order chi connectivity index (χ1) is 8.82. The van der Waals surface area contributed by atoms with Crippen molar-refractivity contribution in [2.75, 3.05) is 6.54 Å². The summed E-state index contributed by atoms with van der Waals surface area (Å²) in [5.74, 6) is -0.537. The first-order valence-corrected chi connectivity index (χ1v) is 7.80. The van der Waals surface area contributed by atoms with Gasteiger partial charge in [-0.15, -0.1) is 0 Å². The van der Waals surface area contributed by atoms with Gasteiger partial charge < -0.3 is 5.73 Å². The SMILES string of the molecule is Cc1ccc(F)cc1S(=O)(=O)N1CCC(N)CC1C. The van der Waals surface area contributed by atoms with Crippen molar-refractivity contribution in [2.24, 2.45) is 5.73 Å². The van der Waals surface area contributed by atoms with Crippen molar-refractivity contribution >= 4 is 10.0 Å². The van der Waals surface area contributed by atoms with Crippen LogP contribution in [0.25, 0.3) is 0 Å². The molecular formula is C13H19FN2O2S. The van der Waals surface area contributed by atoms with Gasteiger partial charge in [0, 0.05) is 18.6 Å². The first-order valence-electron chi connectivity index (χ1n) is 6.36. The second-order valence-corrected chi connectivity index (χ2v) is 7.02. The molecule has 4 nitrogen and oxygen atoms in total. The minimum atomic E-state index is -3.65. The second-order valence-electron chi connectivity index (χ2n) is 5.16. The number of hydrogen-bond acceptors (Lipinski definition) is 3. The minimum Gasteiger partial charge on any atom is -0.328 e. The summed E-state index contributed by atoms with van der Waals surface area (Å²) in [5.41, 5.74) is 6.40. The van der Waals surface area contributed by atoms with Gasteiger partial charge in [0.25, 0.3) is 0 Å². The molecule has 1 aliphatic rings. The predicted octanol–water partition coefficient (Wildman–Crippen LogP) is 1.63. The summed E-state index contributed by atoms with van der Waals surface area (Å²) in [4.78, 5) is 0.0508. The van der Waals surface area contributed by atoms with Gasteiger partial charge in [0.05, 0.1) is 4.90 Å². The third-order valence-electron chi connectivity index (χ3n) is 3.59. The molecule has 0 aromatic heterocycles. The van der Waals surface area contributed by atoms with Crippen molar-refractivity contribution in [3.8, 4) is 0 Å². The molecule has 2 N–H and O–H groups in total. The van der Waals surface area contributed by atoms with Gasteiger partial charge in [-0.1, -0.05) is 6.07 Å². The Kier molecular flexibility index (Phi) is 3.94. The Labute approximate surface area is 113 Å². The Morgan fingerprint density at radius 3 is 2.74 bits per heavy atom. The molecule has 0 aliphatic carbocycles. The van der Waals surface area contributed by atoms with Crippen LogP contribution >= 0.6 is 0 Å². The van der Waals surface area contributed by atoms with Gasteiger partial charge in [-0.05, 0) is 44.4 Å². The Bertz CT molecular complexity index is 574. The van der Waals surface area contributed by atoms with E-state index >= 15 is 0 Å². The molecule has 1 saturated heterocycles. The lowest BCUT2D eigenvalue weighted by Crippen LogP contribution is -2.48. The van der Waals surface area contributed by atoms with Crippen LogP contribution in [0.1, 0.15) is 25.3 Å². The molecule has 2 unspecified atom stereocenters. The molecule has 6 heteroatoms. The maximum Gasteiger partial charge on any atom is 0.243 e. The normalized spacial score (nSPS) is 25.5. The summed E-state index contributed by atoms with van der Waals surface area (Å²) in [5, 5.41) is 0. The molecule has 1 fully saturated rings. The van der Waals surface area contributed by atoms with Gasteiger partial charge >= 0.3 is 0 Å². The summed E-state index contributed by atoms with van der Waals surface area (Å²) < 4.78 is 39.9. The van der Waals surface area contributed by atoms with Crippen molar-refractivity contribution < 1.29 is 12.8 Å². The van der Waals surface area contributed by atoms with E-state index in [0.717, 1.165) is 6.07 Å². The molecule has 0 saturated carbocycles. The fraction of sp³-hybridized carbons (Fsp3) is 0.538. The van der Waals surface area contributed by atoms with E-state index in [1.807, 2.05) is 6.92 Å². The van der Waals surface area contributed by atoms with Crippen molar-refractivity contribution in [1.82, 2.24) is 4.31 Å². The minimum absolute atomic E-state index is 0.0371. The fourth-order valence-electron chi connectivity index (χ4n) is 2.52. The Balaban J connectivity index is 2.39. The summed E-state index contributed by atoms with van der Waals surface area (Å²) in [6.45, 7) is 3.90. The molecule has 1 aromatic rings. The van der Waals surface area contributed by atoms with Gasteiger partial charge in [0.1, 0.15) is 5.82 Å². The lowest BCUT2D eigenvalue weighted by molar-refractivity contribution is 0.247. The van der Waals surface area contributed by atoms with Crippen LogP contribution in [0, 0.1) is 12.7 Å². The third kappa shape index (κ3) is 2.80. The molecule has 0 amide bonds. The first kappa shape index (κ1) is 14.4. The van der Waals surface area contributed by atoms with E-state index in [0.29, 0.717) is 24.9 Å². The van der Waals surface area contributed by atoms with Gasteiger partial charge in [-0.25, -0.2) is 12.8 Å². The van der Waals surface area contributed by atoms with Crippen LogP contribution < -0.4 is 5.73 Å². The van der Waals surface area contributed by atoms with Gasteiger partial charge in [0.2, 0.25) is 10.0 Å². The topological polar surface area (TPSA) is 63.4 Å². The van der Waals surface area contributed by atoms with Gasteiger partial charge in [-0.2, -0.15) is 4.31 Å². The largest absolute Gasteiger partial charge is 0.328 e. The highest BCUT2D eigenvalue weighted by Gasteiger charge is 2.34. The van der Waals surface area contributed by atoms with E-state index in [1.54, 1.807) is 6.92 Å². The van der Waals surface area contributed by atoms with Crippen LogP contribution in [0.2, 0.25) is 0 Å². The standard InChI is InChI=1S/C13H19FN2O2S/c1-9-3-4-11(14)8-13(9)19(17,18)16-6-5-12(15)7-10(16)2/h3-4,8,10,12H,5-7,15H2,1-2H3. The predicted molar refractivity (Wildman–Crippen MR) is 71.7 cm³/mol. The van der Waals surface area contributed by atoms with Crippen LogP contribution in [-0.2, 0) is 10.0 Å². The number of piperidine rings is 1. The number of halogens is 1. The molecule has 0 radical (unpaired) electrons. The number of sulfonamides is 1. The van der Waals surface area contributed by atoms with Crippen LogP contribution in [-0.4, -0.2) is 31.4 Å². The molecule has 1 heterocycles. The molecule has 0 bridgehead atoms. The van der Waals surface area contributed by atoms with E-state index < -0.39 is 15.8 Å². The highest BCUT2D eigenvalue weighted by atomic mass is 32.2. The van der Waals surface area contributed by atoms with E-state index in [9.17, 15) is 12.8 Å².